The number of hydrogen-bond donors (Lipinski definition) is 0. The normalized spacial score (nSPS) is 18.0. The van der Waals surface area contributed by atoms with Gasteiger partial charge in [0.1, 0.15) is 12.4 Å². The summed E-state index contributed by atoms with van der Waals surface area (Å²) in [6.07, 6.45) is 0.382. The van der Waals surface area contributed by atoms with Gasteiger partial charge in [0, 0.05) is 5.69 Å². The first kappa shape index (κ1) is 19.3. The number of nitrogens with zero attached hydrogens (tertiary/aromatic N) is 3. The number of hydrogen-bond acceptors (Lipinski definition) is 5. The summed E-state index contributed by atoms with van der Waals surface area (Å²) in [4.78, 5) is 32.2. The Morgan fingerprint density at radius 2 is 1.83 bits per heavy atom. The van der Waals surface area contributed by atoms with Crippen LogP contribution >= 0.6 is 0 Å². The second-order valence-corrected chi connectivity index (χ2v) is 9.45. The molecule has 0 N–H and O–H groups in total. The van der Waals surface area contributed by atoms with Crippen molar-refractivity contribution in [2.24, 2.45) is 0 Å². The highest BCUT2D eigenvalue weighted by atomic mass is 32.2. The van der Waals surface area contributed by atoms with Crippen LogP contribution in [0.1, 0.15) is 12.2 Å². The minimum Gasteiger partial charge on any atom is -0.307 e. The van der Waals surface area contributed by atoms with Crippen LogP contribution in [-0.2, 0) is 21.2 Å². The topological polar surface area (TPSA) is 89.3 Å². The van der Waals surface area contributed by atoms with E-state index in [4.69, 9.17) is 0 Å². The van der Waals surface area contributed by atoms with Gasteiger partial charge in [-0.25, -0.2) is 13.4 Å². The molecule has 0 aliphatic carbocycles. The molecule has 1 saturated heterocycles. The van der Waals surface area contributed by atoms with Crippen molar-refractivity contribution in [1.29, 1.82) is 0 Å². The lowest BCUT2D eigenvalue weighted by Gasteiger charge is -2.29. The molecule has 0 unspecified atom stereocenters. The van der Waals surface area contributed by atoms with E-state index in [2.05, 4.69) is 4.98 Å². The summed E-state index contributed by atoms with van der Waals surface area (Å²) in [5.41, 5.74) is 0.924. The van der Waals surface area contributed by atoms with Gasteiger partial charge in [-0.05, 0) is 37.6 Å². The van der Waals surface area contributed by atoms with Gasteiger partial charge in [0.25, 0.3) is 5.56 Å². The van der Waals surface area contributed by atoms with Crippen LogP contribution in [0.3, 0.4) is 0 Å². The third kappa shape index (κ3) is 3.80. The molecule has 4 rings (SSSR count). The molecule has 0 spiro atoms. The number of fused-ring (bicyclic) bond motifs is 1. The summed E-state index contributed by atoms with van der Waals surface area (Å²) in [6.45, 7) is 1.49. The van der Waals surface area contributed by atoms with Crippen LogP contribution < -0.4 is 10.5 Å². The van der Waals surface area contributed by atoms with Crippen molar-refractivity contribution in [3.05, 3.63) is 70.8 Å². The van der Waals surface area contributed by atoms with E-state index >= 15 is 0 Å². The molecular formula is C21H21N3O4S. The van der Waals surface area contributed by atoms with Gasteiger partial charge in [0.05, 0.1) is 28.5 Å². The number of amides is 1. The zero-order chi connectivity index (χ0) is 20.6. The molecule has 1 amide bonds. The van der Waals surface area contributed by atoms with Crippen molar-refractivity contribution < 1.29 is 13.2 Å². The van der Waals surface area contributed by atoms with Crippen LogP contribution in [0.2, 0.25) is 0 Å². The number of carbonyl (C=O) groups is 1. The van der Waals surface area contributed by atoms with Gasteiger partial charge in [0.15, 0.2) is 9.84 Å². The molecule has 150 valence electrons. The lowest BCUT2D eigenvalue weighted by atomic mass is 10.1. The number of benzene rings is 2. The minimum atomic E-state index is -3.17. The van der Waals surface area contributed by atoms with E-state index in [0.717, 1.165) is 0 Å². The summed E-state index contributed by atoms with van der Waals surface area (Å²) >= 11 is 0. The lowest BCUT2D eigenvalue weighted by molar-refractivity contribution is -0.119. The van der Waals surface area contributed by atoms with E-state index in [1.807, 2.05) is 6.07 Å². The Kier molecular flexibility index (Phi) is 4.96. The van der Waals surface area contributed by atoms with E-state index in [-0.39, 0.29) is 29.5 Å². The highest BCUT2D eigenvalue weighted by molar-refractivity contribution is 7.91. The van der Waals surface area contributed by atoms with Gasteiger partial charge in [-0.1, -0.05) is 30.3 Å². The van der Waals surface area contributed by atoms with Gasteiger partial charge >= 0.3 is 0 Å². The lowest BCUT2D eigenvalue weighted by Crippen LogP contribution is -2.44. The van der Waals surface area contributed by atoms with Crippen molar-refractivity contribution in [2.45, 2.75) is 25.9 Å². The van der Waals surface area contributed by atoms with Crippen LogP contribution in [0.25, 0.3) is 10.9 Å². The fraction of sp³-hybridized carbons (Fsp3) is 0.286. The summed E-state index contributed by atoms with van der Waals surface area (Å²) in [5, 5.41) is 0.445. The van der Waals surface area contributed by atoms with Crippen molar-refractivity contribution in [3.8, 4) is 0 Å². The molecule has 3 aromatic rings. The van der Waals surface area contributed by atoms with Crippen molar-refractivity contribution in [3.63, 3.8) is 0 Å². The van der Waals surface area contributed by atoms with Crippen LogP contribution in [0.4, 0.5) is 5.69 Å². The molecule has 1 aliphatic heterocycles. The van der Waals surface area contributed by atoms with E-state index in [0.29, 0.717) is 28.8 Å². The fourth-order valence-corrected chi connectivity index (χ4v) is 5.50. The first-order valence-electron chi connectivity index (χ1n) is 9.39. The van der Waals surface area contributed by atoms with Crippen LogP contribution in [-0.4, -0.2) is 41.4 Å². The number of aryl methyl sites for hydroxylation is 1. The second kappa shape index (κ2) is 7.44. The maximum atomic E-state index is 13.3. The van der Waals surface area contributed by atoms with Crippen LogP contribution in [0.15, 0.2) is 59.4 Å². The molecular weight excluding hydrogens is 390 g/mol. The maximum Gasteiger partial charge on any atom is 0.261 e. The van der Waals surface area contributed by atoms with E-state index in [9.17, 15) is 18.0 Å². The first-order valence-corrected chi connectivity index (χ1v) is 11.2. The molecule has 0 saturated carbocycles. The summed E-state index contributed by atoms with van der Waals surface area (Å²) in [6, 6.07) is 15.5. The Bertz CT molecular complexity index is 1240. The minimum absolute atomic E-state index is 0.0603. The van der Waals surface area contributed by atoms with Gasteiger partial charge < -0.3 is 4.90 Å². The second-order valence-electron chi connectivity index (χ2n) is 7.22. The van der Waals surface area contributed by atoms with Crippen molar-refractivity contribution >= 4 is 32.3 Å². The number of aromatic nitrogens is 2. The average molecular weight is 411 g/mol. The van der Waals surface area contributed by atoms with E-state index < -0.39 is 15.9 Å². The molecule has 0 bridgehead atoms. The van der Waals surface area contributed by atoms with Gasteiger partial charge in [0.2, 0.25) is 5.91 Å². The Morgan fingerprint density at radius 1 is 1.14 bits per heavy atom. The summed E-state index contributed by atoms with van der Waals surface area (Å²) in [7, 11) is -3.17. The van der Waals surface area contributed by atoms with Gasteiger partial charge in [-0.2, -0.15) is 0 Å². The number of sulfone groups is 1. The zero-order valence-electron chi connectivity index (χ0n) is 16.0. The van der Waals surface area contributed by atoms with Crippen LogP contribution in [0, 0.1) is 6.92 Å². The quantitative estimate of drug-likeness (QED) is 0.654. The standard InChI is InChI=1S/C21H21N3O4S/c1-15-22-19-10-6-5-9-18(19)21(26)23(15)13-20(25)24(16-7-3-2-4-8-16)17-11-12-29(27,28)14-17/h2-10,17H,11-14H2,1H3/t17-/m1/s1. The molecule has 1 atom stereocenters. The number of carbonyl (C=O) groups excluding carboxylic acids is 1. The van der Waals surface area contributed by atoms with Crippen LogP contribution in [0.5, 0.6) is 0 Å². The SMILES string of the molecule is Cc1nc2ccccc2c(=O)n1CC(=O)N(c1ccccc1)[C@@H]1CCS(=O)(=O)C1. The largest absolute Gasteiger partial charge is 0.307 e. The Hall–Kier alpha value is -3.00. The number of para-hydroxylation sites is 2. The molecule has 2 heterocycles. The number of anilines is 1. The predicted molar refractivity (Wildman–Crippen MR) is 112 cm³/mol. The Morgan fingerprint density at radius 3 is 2.52 bits per heavy atom. The summed E-state index contributed by atoms with van der Waals surface area (Å²) in [5.74, 6) is 0.0946. The summed E-state index contributed by atoms with van der Waals surface area (Å²) < 4.78 is 25.4. The highest BCUT2D eigenvalue weighted by Gasteiger charge is 2.35. The van der Waals surface area contributed by atoms with E-state index in [1.165, 1.54) is 9.47 Å². The number of rotatable bonds is 4. The first-order chi connectivity index (χ1) is 13.9. The monoisotopic (exact) mass is 411 g/mol. The van der Waals surface area contributed by atoms with Crippen molar-refractivity contribution in [2.75, 3.05) is 16.4 Å². The molecule has 2 aromatic carbocycles. The Labute approximate surface area is 168 Å². The van der Waals surface area contributed by atoms with Crippen molar-refractivity contribution in [1.82, 2.24) is 9.55 Å². The Balaban J connectivity index is 1.73. The van der Waals surface area contributed by atoms with Gasteiger partial charge in [-0.15, -0.1) is 0 Å². The predicted octanol–water partition coefficient (Wildman–Crippen LogP) is 1.93. The zero-order valence-corrected chi connectivity index (χ0v) is 16.8. The third-order valence-corrected chi connectivity index (χ3v) is 6.97. The molecule has 1 aromatic heterocycles. The molecule has 1 aliphatic rings. The fourth-order valence-electron chi connectivity index (χ4n) is 3.80. The smallest absolute Gasteiger partial charge is 0.261 e. The molecule has 8 heteroatoms. The maximum absolute atomic E-state index is 13.3. The van der Waals surface area contributed by atoms with Gasteiger partial charge in [-0.3, -0.25) is 14.2 Å². The van der Waals surface area contributed by atoms with E-state index in [1.54, 1.807) is 55.5 Å². The average Bonchev–Trinajstić information content (AvgIpc) is 3.05. The molecule has 0 radical (unpaired) electrons. The molecule has 7 nitrogen and oxygen atoms in total. The third-order valence-electron chi connectivity index (χ3n) is 5.22. The molecule has 1 fully saturated rings. The highest BCUT2D eigenvalue weighted by Crippen LogP contribution is 2.25. The molecule has 29 heavy (non-hydrogen) atoms.